The highest BCUT2D eigenvalue weighted by Crippen LogP contribution is 2.22. The van der Waals surface area contributed by atoms with Crippen LogP contribution in [0.1, 0.15) is 25.3 Å². The molecule has 0 aliphatic carbocycles. The van der Waals surface area contributed by atoms with Crippen molar-refractivity contribution in [3.05, 3.63) is 29.8 Å². The van der Waals surface area contributed by atoms with E-state index in [4.69, 9.17) is 15.7 Å². The van der Waals surface area contributed by atoms with E-state index in [2.05, 4.69) is 17.0 Å². The predicted octanol–water partition coefficient (Wildman–Crippen LogP) is 1.90. The van der Waals surface area contributed by atoms with Crippen molar-refractivity contribution >= 4 is 0 Å². The summed E-state index contributed by atoms with van der Waals surface area (Å²) in [5.74, 6) is 0.991. The van der Waals surface area contributed by atoms with E-state index in [1.807, 2.05) is 18.2 Å². The topological polar surface area (TPSA) is 62.3 Å². The van der Waals surface area contributed by atoms with Crippen LogP contribution >= 0.6 is 0 Å². The van der Waals surface area contributed by atoms with Crippen molar-refractivity contribution in [2.45, 2.75) is 31.8 Å². The highest BCUT2D eigenvalue weighted by molar-refractivity contribution is 5.33. The largest absolute Gasteiger partial charge is 0.492 e. The van der Waals surface area contributed by atoms with Crippen molar-refractivity contribution < 1.29 is 4.74 Å². The van der Waals surface area contributed by atoms with E-state index < -0.39 is 5.54 Å². The first-order chi connectivity index (χ1) is 9.11. The van der Waals surface area contributed by atoms with Gasteiger partial charge in [0.15, 0.2) is 0 Å². The van der Waals surface area contributed by atoms with E-state index in [-0.39, 0.29) is 0 Å². The zero-order valence-electron chi connectivity index (χ0n) is 11.4. The zero-order valence-corrected chi connectivity index (χ0v) is 11.4. The molecular formula is C15H21N3O. The molecule has 19 heavy (non-hydrogen) atoms. The number of para-hydroxylation sites is 1. The summed E-state index contributed by atoms with van der Waals surface area (Å²) in [5, 5.41) is 8.90. The minimum absolute atomic E-state index is 0.708. The van der Waals surface area contributed by atoms with E-state index in [1.165, 1.54) is 5.56 Å². The molecule has 4 nitrogen and oxygen atoms in total. The van der Waals surface area contributed by atoms with Crippen LogP contribution in [0.2, 0.25) is 0 Å². The van der Waals surface area contributed by atoms with Gasteiger partial charge < -0.3 is 10.5 Å². The number of rotatable bonds is 4. The van der Waals surface area contributed by atoms with Crippen molar-refractivity contribution in [1.82, 2.24) is 4.90 Å². The molecule has 0 saturated heterocycles. The molecule has 0 spiro atoms. The van der Waals surface area contributed by atoms with E-state index in [1.54, 1.807) is 6.92 Å². The van der Waals surface area contributed by atoms with Gasteiger partial charge in [-0.25, -0.2) is 0 Å². The third-order valence-electron chi connectivity index (χ3n) is 3.46. The third kappa shape index (κ3) is 3.95. The van der Waals surface area contributed by atoms with Crippen LogP contribution in [0.5, 0.6) is 5.75 Å². The minimum Gasteiger partial charge on any atom is -0.492 e. The maximum Gasteiger partial charge on any atom is 0.123 e. The minimum atomic E-state index is -0.708. The number of nitrogens with two attached hydrogens (primary N) is 1. The Balaban J connectivity index is 1.88. The van der Waals surface area contributed by atoms with Gasteiger partial charge in [-0.05, 0) is 32.4 Å². The Hall–Kier alpha value is -1.57. The fourth-order valence-corrected chi connectivity index (χ4v) is 2.30. The van der Waals surface area contributed by atoms with Gasteiger partial charge in [0.1, 0.15) is 17.9 Å². The van der Waals surface area contributed by atoms with Crippen LogP contribution < -0.4 is 10.5 Å². The molecule has 1 unspecified atom stereocenters. The molecule has 1 atom stereocenters. The summed E-state index contributed by atoms with van der Waals surface area (Å²) in [4.78, 5) is 2.36. The Morgan fingerprint density at radius 1 is 1.47 bits per heavy atom. The molecule has 0 bridgehead atoms. The summed E-state index contributed by atoms with van der Waals surface area (Å²) in [5.41, 5.74) is 6.36. The molecule has 0 radical (unpaired) electrons. The Morgan fingerprint density at radius 2 is 2.26 bits per heavy atom. The number of benzene rings is 1. The van der Waals surface area contributed by atoms with E-state index in [9.17, 15) is 0 Å². The summed E-state index contributed by atoms with van der Waals surface area (Å²) in [7, 11) is 0. The third-order valence-corrected chi connectivity index (χ3v) is 3.46. The first-order valence-electron chi connectivity index (χ1n) is 6.74. The molecule has 1 heterocycles. The molecule has 0 saturated carbocycles. The number of hydrogen-bond donors (Lipinski definition) is 1. The Labute approximate surface area is 114 Å². The Morgan fingerprint density at radius 3 is 3.05 bits per heavy atom. The van der Waals surface area contributed by atoms with Crippen LogP contribution in [0.25, 0.3) is 0 Å². The van der Waals surface area contributed by atoms with Gasteiger partial charge in [-0.2, -0.15) is 5.26 Å². The van der Waals surface area contributed by atoms with Gasteiger partial charge >= 0.3 is 0 Å². The molecule has 1 aromatic carbocycles. The lowest BCUT2D eigenvalue weighted by Crippen LogP contribution is -2.35. The van der Waals surface area contributed by atoms with Crippen LogP contribution in [-0.4, -0.2) is 30.1 Å². The smallest absolute Gasteiger partial charge is 0.123 e. The van der Waals surface area contributed by atoms with Crippen molar-refractivity contribution in [3.8, 4) is 11.8 Å². The van der Waals surface area contributed by atoms with Crippen LogP contribution in [0, 0.1) is 11.3 Å². The molecule has 102 valence electrons. The number of nitriles is 1. The molecule has 2 rings (SSSR count). The summed E-state index contributed by atoms with van der Waals surface area (Å²) in [6.45, 7) is 5.28. The summed E-state index contributed by atoms with van der Waals surface area (Å²) in [6, 6.07) is 10.3. The second kappa shape index (κ2) is 6.05. The fourth-order valence-electron chi connectivity index (χ4n) is 2.30. The highest BCUT2D eigenvalue weighted by Gasteiger charge is 2.19. The quantitative estimate of drug-likeness (QED) is 0.897. The molecule has 4 heteroatoms. The maximum atomic E-state index is 8.90. The molecule has 0 fully saturated rings. The summed E-state index contributed by atoms with van der Waals surface area (Å²) in [6.07, 6.45) is 1.66. The van der Waals surface area contributed by atoms with E-state index in [0.717, 1.165) is 44.8 Å². The Kier molecular flexibility index (Phi) is 4.41. The molecule has 0 aromatic heterocycles. The van der Waals surface area contributed by atoms with Crippen molar-refractivity contribution in [2.24, 2.45) is 5.73 Å². The first kappa shape index (κ1) is 13.9. The van der Waals surface area contributed by atoms with Gasteiger partial charge in [0.25, 0.3) is 0 Å². The second-order valence-corrected chi connectivity index (χ2v) is 5.37. The van der Waals surface area contributed by atoms with E-state index >= 15 is 0 Å². The average molecular weight is 259 g/mol. The van der Waals surface area contributed by atoms with Gasteiger partial charge in [0.05, 0.1) is 6.07 Å². The normalized spacial score (nSPS) is 18.6. The highest BCUT2D eigenvalue weighted by atomic mass is 16.5. The second-order valence-electron chi connectivity index (χ2n) is 5.37. The van der Waals surface area contributed by atoms with Crippen molar-refractivity contribution in [3.63, 3.8) is 0 Å². The lowest BCUT2D eigenvalue weighted by molar-refractivity contribution is 0.220. The van der Waals surface area contributed by atoms with Crippen molar-refractivity contribution in [2.75, 3.05) is 19.7 Å². The van der Waals surface area contributed by atoms with Crippen LogP contribution in [-0.2, 0) is 6.54 Å². The van der Waals surface area contributed by atoms with Crippen LogP contribution in [0.3, 0.4) is 0 Å². The molecule has 1 aromatic rings. The predicted molar refractivity (Wildman–Crippen MR) is 74.7 cm³/mol. The molecule has 2 N–H and O–H groups in total. The fraction of sp³-hybridized carbons (Fsp3) is 0.533. The molecule has 1 aliphatic rings. The first-order valence-corrected chi connectivity index (χ1v) is 6.74. The number of hydrogen-bond acceptors (Lipinski definition) is 4. The van der Waals surface area contributed by atoms with Gasteiger partial charge in [-0.15, -0.1) is 0 Å². The number of ether oxygens (including phenoxy) is 1. The van der Waals surface area contributed by atoms with Gasteiger partial charge in [-0.3, -0.25) is 4.90 Å². The average Bonchev–Trinajstić information content (AvgIpc) is 2.60. The van der Waals surface area contributed by atoms with Crippen molar-refractivity contribution in [1.29, 1.82) is 5.26 Å². The van der Waals surface area contributed by atoms with Gasteiger partial charge in [0, 0.05) is 18.7 Å². The van der Waals surface area contributed by atoms with E-state index in [0.29, 0.717) is 0 Å². The number of fused-ring (bicyclic) bond motifs is 1. The van der Waals surface area contributed by atoms with Crippen LogP contribution in [0.4, 0.5) is 0 Å². The molecule has 0 amide bonds. The lowest BCUT2D eigenvalue weighted by atomic mass is 9.99. The van der Waals surface area contributed by atoms with Crippen LogP contribution in [0.15, 0.2) is 24.3 Å². The van der Waals surface area contributed by atoms with Gasteiger partial charge in [-0.1, -0.05) is 18.2 Å². The molecule has 1 aliphatic heterocycles. The monoisotopic (exact) mass is 259 g/mol. The Bertz CT molecular complexity index is 465. The standard InChI is InChI=1S/C15H21N3O/c1-15(17,12-16)7-4-8-18-9-10-19-14-6-3-2-5-13(14)11-18/h2-3,5-6H,4,7-11,17H2,1H3. The zero-order chi connectivity index (χ0) is 13.7. The summed E-state index contributed by atoms with van der Waals surface area (Å²) < 4.78 is 5.73. The van der Waals surface area contributed by atoms with Gasteiger partial charge in [0.2, 0.25) is 0 Å². The summed E-state index contributed by atoms with van der Waals surface area (Å²) >= 11 is 0. The SMILES string of the molecule is CC(N)(C#N)CCCN1CCOc2ccccc2C1. The maximum absolute atomic E-state index is 8.90. The number of nitrogens with zero attached hydrogens (tertiary/aromatic N) is 2. The lowest BCUT2D eigenvalue weighted by Gasteiger charge is -2.21. The molecular weight excluding hydrogens is 238 g/mol.